The van der Waals surface area contributed by atoms with Crippen molar-refractivity contribution in [3.05, 3.63) is 98.8 Å². The van der Waals surface area contributed by atoms with Crippen LogP contribution >= 0.6 is 23.2 Å². The third kappa shape index (κ3) is 5.75. The van der Waals surface area contributed by atoms with Gasteiger partial charge in [0.05, 0.1) is 17.2 Å². The fourth-order valence-electron chi connectivity index (χ4n) is 2.87. The molecule has 3 aromatic carbocycles. The molecule has 1 amide bonds. The van der Waals surface area contributed by atoms with Gasteiger partial charge < -0.3 is 15.2 Å². The fraction of sp³-hybridized carbons (Fsp3) is 0.130. The Morgan fingerprint density at radius 3 is 2.32 bits per heavy atom. The van der Waals surface area contributed by atoms with Gasteiger partial charge in [0.25, 0.3) is 5.91 Å². The van der Waals surface area contributed by atoms with Crippen molar-refractivity contribution in [1.29, 1.82) is 0 Å². The van der Waals surface area contributed by atoms with E-state index >= 15 is 0 Å². The number of hydrogen-bond acceptors (Lipinski definition) is 3. The Labute approximate surface area is 188 Å². The molecule has 0 saturated heterocycles. The Hall–Kier alpha value is -3.09. The van der Waals surface area contributed by atoms with Crippen molar-refractivity contribution in [2.24, 2.45) is 0 Å². The summed E-state index contributed by atoms with van der Waals surface area (Å²) in [5.74, 6) is -1.74. The van der Waals surface area contributed by atoms with Crippen LogP contribution in [-0.4, -0.2) is 17.0 Å². The standard InChI is InChI=1S/C23H18Cl2FNO4/c1-13(14-2-4-15(5-3-14)23(29)30)27-22(28)19-10-17(24)8-9-21(19)31-12-16-6-7-18(25)11-20(16)26/h2-11,13H,12H2,1H3,(H,27,28)(H,29,30)/t13-/m0/s1. The molecule has 2 N–H and O–H groups in total. The van der Waals surface area contributed by atoms with Gasteiger partial charge in [0.2, 0.25) is 0 Å². The van der Waals surface area contributed by atoms with Crippen molar-refractivity contribution in [1.82, 2.24) is 5.32 Å². The quantitative estimate of drug-likeness (QED) is 0.459. The number of amides is 1. The van der Waals surface area contributed by atoms with Gasteiger partial charge in [0.1, 0.15) is 18.2 Å². The number of halogens is 3. The summed E-state index contributed by atoms with van der Waals surface area (Å²) in [6.07, 6.45) is 0. The lowest BCUT2D eigenvalue weighted by Gasteiger charge is -2.17. The summed E-state index contributed by atoms with van der Waals surface area (Å²) >= 11 is 11.8. The molecule has 0 spiro atoms. The molecule has 0 aliphatic heterocycles. The fourth-order valence-corrected chi connectivity index (χ4v) is 3.20. The number of aromatic carboxylic acids is 1. The highest BCUT2D eigenvalue weighted by Gasteiger charge is 2.17. The minimum Gasteiger partial charge on any atom is -0.488 e. The molecule has 0 aliphatic rings. The van der Waals surface area contributed by atoms with E-state index in [2.05, 4.69) is 5.32 Å². The maximum Gasteiger partial charge on any atom is 0.335 e. The number of nitrogens with one attached hydrogen (secondary N) is 1. The van der Waals surface area contributed by atoms with E-state index in [1.54, 1.807) is 31.2 Å². The molecule has 31 heavy (non-hydrogen) atoms. The summed E-state index contributed by atoms with van der Waals surface area (Å²) in [5.41, 5.74) is 1.36. The van der Waals surface area contributed by atoms with E-state index in [0.29, 0.717) is 5.02 Å². The number of hydrogen-bond donors (Lipinski definition) is 2. The molecule has 160 valence electrons. The molecule has 0 unspecified atom stereocenters. The molecule has 0 heterocycles. The zero-order valence-corrected chi connectivity index (χ0v) is 17.9. The van der Waals surface area contributed by atoms with Crippen LogP contribution in [0, 0.1) is 5.82 Å². The van der Waals surface area contributed by atoms with Crippen molar-refractivity contribution in [2.75, 3.05) is 0 Å². The average molecular weight is 462 g/mol. The molecule has 0 saturated carbocycles. The van der Waals surface area contributed by atoms with E-state index in [-0.39, 0.29) is 34.1 Å². The SMILES string of the molecule is C[C@H](NC(=O)c1cc(Cl)ccc1OCc1ccc(Cl)cc1F)c1ccc(C(=O)O)cc1. The van der Waals surface area contributed by atoms with Gasteiger partial charge in [-0.05, 0) is 55.0 Å². The van der Waals surface area contributed by atoms with Gasteiger partial charge >= 0.3 is 5.97 Å². The minimum absolute atomic E-state index is 0.100. The Morgan fingerprint density at radius 1 is 1.03 bits per heavy atom. The van der Waals surface area contributed by atoms with Crippen molar-refractivity contribution < 1.29 is 23.8 Å². The molecule has 5 nitrogen and oxygen atoms in total. The maximum atomic E-state index is 14.0. The largest absolute Gasteiger partial charge is 0.488 e. The molecule has 0 fully saturated rings. The number of carboxylic acids is 1. The number of carboxylic acid groups (broad SMARTS) is 1. The number of carbonyl (C=O) groups is 2. The zero-order chi connectivity index (χ0) is 22.5. The van der Waals surface area contributed by atoms with Crippen molar-refractivity contribution in [3.63, 3.8) is 0 Å². The number of benzene rings is 3. The molecule has 0 radical (unpaired) electrons. The molecule has 0 aromatic heterocycles. The van der Waals surface area contributed by atoms with Gasteiger partial charge in [0, 0.05) is 15.6 Å². The third-order valence-corrected chi connectivity index (χ3v) is 5.06. The number of carbonyl (C=O) groups excluding carboxylic acids is 1. The van der Waals surface area contributed by atoms with Crippen LogP contribution in [-0.2, 0) is 6.61 Å². The highest BCUT2D eigenvalue weighted by molar-refractivity contribution is 6.31. The lowest BCUT2D eigenvalue weighted by Crippen LogP contribution is -2.27. The van der Waals surface area contributed by atoms with E-state index < -0.39 is 23.7 Å². The van der Waals surface area contributed by atoms with Crippen LogP contribution in [0.25, 0.3) is 0 Å². The normalized spacial score (nSPS) is 11.6. The molecule has 3 rings (SSSR count). The summed E-state index contributed by atoms with van der Waals surface area (Å²) in [6, 6.07) is 14.6. The Kier molecular flexibility index (Phi) is 7.15. The predicted octanol–water partition coefficient (Wildman–Crippen LogP) is 5.90. The first kappa shape index (κ1) is 22.6. The molecule has 0 aliphatic carbocycles. The third-order valence-electron chi connectivity index (χ3n) is 4.59. The first-order valence-electron chi connectivity index (χ1n) is 9.25. The second kappa shape index (κ2) is 9.81. The summed E-state index contributed by atoms with van der Waals surface area (Å²) in [6.45, 7) is 1.67. The van der Waals surface area contributed by atoms with Crippen LogP contribution in [0.4, 0.5) is 4.39 Å². The van der Waals surface area contributed by atoms with Gasteiger partial charge in [-0.25, -0.2) is 9.18 Å². The molecule has 3 aromatic rings. The van der Waals surface area contributed by atoms with E-state index in [0.717, 1.165) is 5.56 Å². The van der Waals surface area contributed by atoms with Gasteiger partial charge in [0.15, 0.2) is 0 Å². The Bertz CT molecular complexity index is 1120. The minimum atomic E-state index is -1.03. The van der Waals surface area contributed by atoms with E-state index in [4.69, 9.17) is 33.0 Å². The smallest absolute Gasteiger partial charge is 0.335 e. The van der Waals surface area contributed by atoms with Crippen molar-refractivity contribution >= 4 is 35.1 Å². The van der Waals surface area contributed by atoms with Crippen molar-refractivity contribution in [2.45, 2.75) is 19.6 Å². The molecule has 1 atom stereocenters. The summed E-state index contributed by atoms with van der Waals surface area (Å²) in [5, 5.41) is 12.4. The lowest BCUT2D eigenvalue weighted by molar-refractivity contribution is 0.0696. The first-order valence-corrected chi connectivity index (χ1v) is 10.0. The highest BCUT2D eigenvalue weighted by Crippen LogP contribution is 2.26. The summed E-state index contributed by atoms with van der Waals surface area (Å²) < 4.78 is 19.7. The molecular weight excluding hydrogens is 444 g/mol. The monoisotopic (exact) mass is 461 g/mol. The van der Waals surface area contributed by atoms with Crippen LogP contribution < -0.4 is 10.1 Å². The van der Waals surface area contributed by atoms with Gasteiger partial charge in [-0.15, -0.1) is 0 Å². The van der Waals surface area contributed by atoms with Crippen LogP contribution in [0.1, 0.15) is 44.8 Å². The number of ether oxygens (including phenoxy) is 1. The van der Waals surface area contributed by atoms with E-state index in [1.807, 2.05) is 0 Å². The molecule has 8 heteroatoms. The second-order valence-corrected chi connectivity index (χ2v) is 7.66. The topological polar surface area (TPSA) is 75.6 Å². The average Bonchev–Trinajstić information content (AvgIpc) is 2.73. The van der Waals surface area contributed by atoms with Crippen molar-refractivity contribution in [3.8, 4) is 5.75 Å². The van der Waals surface area contributed by atoms with Gasteiger partial charge in [-0.1, -0.05) is 41.4 Å². The Balaban J connectivity index is 1.75. The van der Waals surface area contributed by atoms with Gasteiger partial charge in [-0.2, -0.15) is 0 Å². The van der Waals surface area contributed by atoms with Crippen LogP contribution in [0.2, 0.25) is 10.0 Å². The second-order valence-electron chi connectivity index (χ2n) is 6.79. The molecule has 0 bridgehead atoms. The Morgan fingerprint density at radius 2 is 1.68 bits per heavy atom. The maximum absolute atomic E-state index is 14.0. The van der Waals surface area contributed by atoms with E-state index in [1.165, 1.54) is 36.4 Å². The molecular formula is C23H18Cl2FNO4. The lowest BCUT2D eigenvalue weighted by atomic mass is 10.1. The van der Waals surface area contributed by atoms with Gasteiger partial charge in [-0.3, -0.25) is 4.79 Å². The first-order chi connectivity index (χ1) is 14.7. The zero-order valence-electron chi connectivity index (χ0n) is 16.4. The van der Waals surface area contributed by atoms with Crippen LogP contribution in [0.5, 0.6) is 5.75 Å². The number of rotatable bonds is 7. The van der Waals surface area contributed by atoms with Crippen LogP contribution in [0.15, 0.2) is 60.7 Å². The van der Waals surface area contributed by atoms with Crippen LogP contribution in [0.3, 0.4) is 0 Å². The predicted molar refractivity (Wildman–Crippen MR) is 116 cm³/mol. The van der Waals surface area contributed by atoms with E-state index in [9.17, 15) is 14.0 Å². The highest BCUT2D eigenvalue weighted by atomic mass is 35.5. The summed E-state index contributed by atoms with van der Waals surface area (Å²) in [4.78, 5) is 23.9. The summed E-state index contributed by atoms with van der Waals surface area (Å²) in [7, 11) is 0.